The Kier molecular flexibility index (Phi) is 5.74. The van der Waals surface area contributed by atoms with Crippen molar-refractivity contribution in [2.45, 2.75) is 25.5 Å². The van der Waals surface area contributed by atoms with Gasteiger partial charge in [0.2, 0.25) is 15.9 Å². The first-order valence-electron chi connectivity index (χ1n) is 8.83. The van der Waals surface area contributed by atoms with Crippen LogP contribution in [0.2, 0.25) is 0 Å². The average molecular weight is 372 g/mol. The summed E-state index contributed by atoms with van der Waals surface area (Å²) in [6, 6.07) is 16.7. The van der Waals surface area contributed by atoms with Gasteiger partial charge in [-0.1, -0.05) is 48.0 Å². The predicted octanol–water partition coefficient (Wildman–Crippen LogP) is 3.18. The molecule has 0 saturated carbocycles. The largest absolute Gasteiger partial charge is 0.326 e. The van der Waals surface area contributed by atoms with Gasteiger partial charge in [0.05, 0.1) is 11.7 Å². The molecule has 1 unspecified atom stereocenters. The molecule has 1 amide bonds. The molecule has 6 heteroatoms. The molecule has 1 atom stereocenters. The van der Waals surface area contributed by atoms with Gasteiger partial charge < -0.3 is 5.32 Å². The topological polar surface area (TPSA) is 66.5 Å². The highest BCUT2D eigenvalue weighted by Crippen LogP contribution is 2.23. The molecule has 0 spiro atoms. The van der Waals surface area contributed by atoms with Crippen LogP contribution in [-0.4, -0.2) is 31.7 Å². The monoisotopic (exact) mass is 372 g/mol. The van der Waals surface area contributed by atoms with E-state index in [-0.39, 0.29) is 24.1 Å². The Morgan fingerprint density at radius 2 is 1.81 bits per heavy atom. The minimum Gasteiger partial charge on any atom is -0.326 e. The summed E-state index contributed by atoms with van der Waals surface area (Å²) in [6.07, 6.45) is 1.40. The van der Waals surface area contributed by atoms with Gasteiger partial charge in [0.25, 0.3) is 0 Å². The van der Waals surface area contributed by atoms with Crippen LogP contribution in [0.4, 0.5) is 5.69 Å². The van der Waals surface area contributed by atoms with Crippen molar-refractivity contribution >= 4 is 21.6 Å². The van der Waals surface area contributed by atoms with Crippen LogP contribution in [-0.2, 0) is 20.6 Å². The van der Waals surface area contributed by atoms with E-state index in [2.05, 4.69) is 5.32 Å². The van der Waals surface area contributed by atoms with Gasteiger partial charge in [0.15, 0.2) is 0 Å². The summed E-state index contributed by atoms with van der Waals surface area (Å²) in [4.78, 5) is 12.6. The van der Waals surface area contributed by atoms with Crippen LogP contribution in [0.25, 0.3) is 0 Å². The maximum Gasteiger partial charge on any atom is 0.228 e. The molecule has 1 fully saturated rings. The van der Waals surface area contributed by atoms with Crippen molar-refractivity contribution in [3.8, 4) is 0 Å². The number of amides is 1. The van der Waals surface area contributed by atoms with Gasteiger partial charge >= 0.3 is 0 Å². The second kappa shape index (κ2) is 8.01. The Balaban J connectivity index is 1.64. The fraction of sp³-hybridized carbons (Fsp3) is 0.350. The number of nitrogens with zero attached hydrogens (tertiary/aromatic N) is 1. The second-order valence-corrected chi connectivity index (χ2v) is 8.76. The molecule has 2 aromatic carbocycles. The Morgan fingerprint density at radius 1 is 1.12 bits per heavy atom. The van der Waals surface area contributed by atoms with E-state index in [1.165, 1.54) is 4.31 Å². The zero-order valence-electron chi connectivity index (χ0n) is 14.9. The molecule has 1 heterocycles. The van der Waals surface area contributed by atoms with Gasteiger partial charge in [-0.2, -0.15) is 0 Å². The third-order valence-electron chi connectivity index (χ3n) is 4.66. The lowest BCUT2D eigenvalue weighted by atomic mass is 9.98. The summed E-state index contributed by atoms with van der Waals surface area (Å²) in [5, 5.41) is 2.90. The van der Waals surface area contributed by atoms with E-state index in [0.717, 1.165) is 16.8 Å². The van der Waals surface area contributed by atoms with E-state index in [9.17, 15) is 13.2 Å². The van der Waals surface area contributed by atoms with Crippen molar-refractivity contribution in [1.29, 1.82) is 0 Å². The van der Waals surface area contributed by atoms with Gasteiger partial charge in [-0.05, 0) is 37.5 Å². The first kappa shape index (κ1) is 18.6. The highest BCUT2D eigenvalue weighted by atomic mass is 32.2. The molecular formula is C20H24N2O3S. The molecule has 0 radical (unpaired) electrons. The Labute approximate surface area is 155 Å². The molecule has 5 nitrogen and oxygen atoms in total. The molecule has 1 aliphatic rings. The van der Waals surface area contributed by atoms with Crippen LogP contribution in [0, 0.1) is 12.8 Å². The van der Waals surface area contributed by atoms with E-state index in [1.54, 1.807) is 0 Å². The third-order valence-corrected chi connectivity index (χ3v) is 6.48. The maximum atomic E-state index is 12.7. The van der Waals surface area contributed by atoms with E-state index in [1.807, 2.05) is 61.5 Å². The number of piperidine rings is 1. The van der Waals surface area contributed by atoms with Crippen molar-refractivity contribution in [3.63, 3.8) is 0 Å². The number of aryl methyl sites for hydroxylation is 1. The summed E-state index contributed by atoms with van der Waals surface area (Å²) in [5.74, 6) is -0.468. The van der Waals surface area contributed by atoms with E-state index < -0.39 is 10.0 Å². The zero-order valence-corrected chi connectivity index (χ0v) is 15.7. The summed E-state index contributed by atoms with van der Waals surface area (Å²) in [6.45, 7) is 2.71. The lowest BCUT2D eigenvalue weighted by molar-refractivity contribution is -0.120. The molecular weight excluding hydrogens is 348 g/mol. The van der Waals surface area contributed by atoms with Crippen LogP contribution in [0.5, 0.6) is 0 Å². The normalized spacial score (nSPS) is 18.4. The van der Waals surface area contributed by atoms with Crippen LogP contribution >= 0.6 is 0 Å². The predicted molar refractivity (Wildman–Crippen MR) is 103 cm³/mol. The molecule has 0 aliphatic carbocycles. The number of hydrogen-bond donors (Lipinski definition) is 1. The first-order chi connectivity index (χ1) is 12.4. The van der Waals surface area contributed by atoms with Gasteiger partial charge in [0, 0.05) is 18.8 Å². The highest BCUT2D eigenvalue weighted by Gasteiger charge is 2.32. The molecule has 0 bridgehead atoms. The summed E-state index contributed by atoms with van der Waals surface area (Å²) < 4.78 is 26.9. The minimum atomic E-state index is -3.43. The van der Waals surface area contributed by atoms with Crippen molar-refractivity contribution in [2.24, 2.45) is 5.92 Å². The average Bonchev–Trinajstić information content (AvgIpc) is 2.64. The molecule has 0 aromatic heterocycles. The molecule has 2 aromatic rings. The van der Waals surface area contributed by atoms with Gasteiger partial charge in [0.1, 0.15) is 0 Å². The summed E-state index contributed by atoms with van der Waals surface area (Å²) in [7, 11) is -3.43. The fourth-order valence-electron chi connectivity index (χ4n) is 3.17. The van der Waals surface area contributed by atoms with E-state index >= 15 is 0 Å². The smallest absolute Gasteiger partial charge is 0.228 e. The second-order valence-electron chi connectivity index (χ2n) is 6.79. The first-order valence-corrected chi connectivity index (χ1v) is 10.4. The van der Waals surface area contributed by atoms with Crippen molar-refractivity contribution in [2.75, 3.05) is 18.4 Å². The highest BCUT2D eigenvalue weighted by molar-refractivity contribution is 7.88. The number of sulfonamides is 1. The number of hydrogen-bond acceptors (Lipinski definition) is 3. The van der Waals surface area contributed by atoms with E-state index in [0.29, 0.717) is 19.4 Å². The molecule has 1 saturated heterocycles. The van der Waals surface area contributed by atoms with Crippen molar-refractivity contribution < 1.29 is 13.2 Å². The Bertz CT molecular complexity index is 848. The Morgan fingerprint density at radius 3 is 2.50 bits per heavy atom. The lowest BCUT2D eigenvalue weighted by Crippen LogP contribution is -2.44. The number of anilines is 1. The maximum absolute atomic E-state index is 12.7. The number of rotatable bonds is 5. The Hall–Kier alpha value is -2.18. The number of benzene rings is 2. The summed E-state index contributed by atoms with van der Waals surface area (Å²) in [5.41, 5.74) is 2.63. The van der Waals surface area contributed by atoms with Crippen molar-refractivity contribution in [1.82, 2.24) is 4.31 Å². The van der Waals surface area contributed by atoms with Crippen LogP contribution in [0.3, 0.4) is 0 Å². The SMILES string of the molecule is Cc1ccc(NC(=O)C2CCCN(S(=O)(=O)Cc3ccccc3)C2)cc1. The van der Waals surface area contributed by atoms with E-state index in [4.69, 9.17) is 0 Å². The van der Waals surface area contributed by atoms with Gasteiger partial charge in [-0.25, -0.2) is 12.7 Å². The summed E-state index contributed by atoms with van der Waals surface area (Å²) >= 11 is 0. The van der Waals surface area contributed by atoms with Crippen LogP contribution in [0.1, 0.15) is 24.0 Å². The minimum absolute atomic E-state index is 0.0276. The van der Waals surface area contributed by atoms with Crippen molar-refractivity contribution in [3.05, 3.63) is 65.7 Å². The van der Waals surface area contributed by atoms with Crippen LogP contribution in [0.15, 0.2) is 54.6 Å². The number of carbonyl (C=O) groups excluding carboxylic acids is 1. The quantitative estimate of drug-likeness (QED) is 0.877. The number of nitrogens with one attached hydrogen (secondary N) is 1. The van der Waals surface area contributed by atoms with Gasteiger partial charge in [-0.15, -0.1) is 0 Å². The number of carbonyl (C=O) groups is 1. The molecule has 1 aliphatic heterocycles. The molecule has 26 heavy (non-hydrogen) atoms. The fourth-order valence-corrected chi connectivity index (χ4v) is 4.78. The third kappa shape index (κ3) is 4.71. The molecule has 1 N–H and O–H groups in total. The van der Waals surface area contributed by atoms with Crippen LogP contribution < -0.4 is 5.32 Å². The standard InChI is InChI=1S/C20H24N2O3S/c1-16-9-11-19(12-10-16)21-20(23)18-8-5-13-22(14-18)26(24,25)15-17-6-3-2-4-7-17/h2-4,6-7,9-12,18H,5,8,13-15H2,1H3,(H,21,23). The lowest BCUT2D eigenvalue weighted by Gasteiger charge is -2.31. The molecule has 3 rings (SSSR count). The molecule has 138 valence electrons. The zero-order chi connectivity index (χ0) is 18.6. The van der Waals surface area contributed by atoms with Gasteiger partial charge in [-0.3, -0.25) is 4.79 Å².